The highest BCUT2D eigenvalue weighted by Gasteiger charge is 2.14. The smallest absolute Gasteiger partial charge is 0.346 e. The standard InChI is InChI=1S/C12H18O3/c1-5-7-8-9-10(3)15-11(4)12(13)14-6-2/h5,7-9,11H,1,6H2,2-4H3/b8-7-,10-9+. The molecule has 0 aliphatic rings. The van der Waals surface area contributed by atoms with E-state index in [0.717, 1.165) is 0 Å². The van der Waals surface area contributed by atoms with Crippen molar-refractivity contribution in [1.29, 1.82) is 0 Å². The number of allylic oxidation sites excluding steroid dienone is 5. The minimum absolute atomic E-state index is 0.349. The lowest BCUT2D eigenvalue weighted by molar-refractivity contribution is -0.153. The molecule has 0 saturated heterocycles. The van der Waals surface area contributed by atoms with E-state index in [4.69, 9.17) is 9.47 Å². The fraction of sp³-hybridized carbons (Fsp3) is 0.417. The molecular weight excluding hydrogens is 192 g/mol. The number of carbonyl (C=O) groups excluding carboxylic acids is 1. The second-order valence-corrected chi connectivity index (χ2v) is 2.91. The van der Waals surface area contributed by atoms with Gasteiger partial charge in [0.05, 0.1) is 12.4 Å². The minimum Gasteiger partial charge on any atom is -0.484 e. The summed E-state index contributed by atoms with van der Waals surface area (Å²) in [6, 6.07) is 0. The van der Waals surface area contributed by atoms with E-state index in [1.54, 1.807) is 45.1 Å². The molecule has 3 nitrogen and oxygen atoms in total. The maximum atomic E-state index is 11.2. The lowest BCUT2D eigenvalue weighted by Crippen LogP contribution is -2.22. The zero-order valence-electron chi connectivity index (χ0n) is 9.53. The van der Waals surface area contributed by atoms with E-state index >= 15 is 0 Å². The maximum absolute atomic E-state index is 11.2. The summed E-state index contributed by atoms with van der Waals surface area (Å²) in [6.07, 6.45) is 6.43. The first-order valence-corrected chi connectivity index (χ1v) is 4.91. The SMILES string of the molecule is C=C/C=C\C=C(/C)OC(C)C(=O)OCC. The molecule has 0 N–H and O–H groups in total. The third kappa shape index (κ3) is 6.55. The summed E-state index contributed by atoms with van der Waals surface area (Å²) in [5, 5.41) is 0. The third-order valence-electron chi connectivity index (χ3n) is 1.56. The molecule has 1 atom stereocenters. The van der Waals surface area contributed by atoms with Crippen LogP contribution in [0.2, 0.25) is 0 Å². The normalized spacial score (nSPS) is 13.7. The molecule has 84 valence electrons. The molecule has 0 aromatic carbocycles. The third-order valence-corrected chi connectivity index (χ3v) is 1.56. The van der Waals surface area contributed by atoms with Gasteiger partial charge in [-0.15, -0.1) is 0 Å². The van der Waals surface area contributed by atoms with Crippen molar-refractivity contribution >= 4 is 5.97 Å². The van der Waals surface area contributed by atoms with Crippen LogP contribution in [-0.2, 0) is 14.3 Å². The van der Waals surface area contributed by atoms with Gasteiger partial charge in [-0.3, -0.25) is 0 Å². The predicted molar refractivity (Wildman–Crippen MR) is 60.3 cm³/mol. The summed E-state index contributed by atoms with van der Waals surface area (Å²) in [5.41, 5.74) is 0. The van der Waals surface area contributed by atoms with E-state index in [1.165, 1.54) is 0 Å². The molecule has 15 heavy (non-hydrogen) atoms. The van der Waals surface area contributed by atoms with Gasteiger partial charge in [0.1, 0.15) is 0 Å². The Bertz CT molecular complexity index is 264. The molecule has 0 amide bonds. The Hall–Kier alpha value is -1.51. The highest BCUT2D eigenvalue weighted by Crippen LogP contribution is 2.03. The van der Waals surface area contributed by atoms with Gasteiger partial charge in [0.15, 0.2) is 6.10 Å². The van der Waals surface area contributed by atoms with Gasteiger partial charge in [-0.1, -0.05) is 24.8 Å². The first-order valence-electron chi connectivity index (χ1n) is 4.91. The maximum Gasteiger partial charge on any atom is 0.346 e. The second-order valence-electron chi connectivity index (χ2n) is 2.91. The Morgan fingerprint density at radius 3 is 2.67 bits per heavy atom. The zero-order valence-corrected chi connectivity index (χ0v) is 9.53. The molecule has 0 rings (SSSR count). The lowest BCUT2D eigenvalue weighted by atomic mass is 10.4. The summed E-state index contributed by atoms with van der Waals surface area (Å²) >= 11 is 0. The van der Waals surface area contributed by atoms with Gasteiger partial charge >= 0.3 is 5.97 Å². The molecule has 0 aliphatic heterocycles. The summed E-state index contributed by atoms with van der Waals surface area (Å²) in [5.74, 6) is 0.312. The van der Waals surface area contributed by atoms with Gasteiger partial charge in [0, 0.05) is 0 Å². The monoisotopic (exact) mass is 210 g/mol. The largest absolute Gasteiger partial charge is 0.484 e. The highest BCUT2D eigenvalue weighted by atomic mass is 16.6. The van der Waals surface area contributed by atoms with Crippen LogP contribution in [0, 0.1) is 0 Å². The zero-order chi connectivity index (χ0) is 11.7. The molecule has 0 spiro atoms. The van der Waals surface area contributed by atoms with Crippen LogP contribution in [0.25, 0.3) is 0 Å². The van der Waals surface area contributed by atoms with Crippen molar-refractivity contribution in [3.63, 3.8) is 0 Å². The molecule has 0 bridgehead atoms. The van der Waals surface area contributed by atoms with E-state index in [0.29, 0.717) is 12.4 Å². The lowest BCUT2D eigenvalue weighted by Gasteiger charge is -2.12. The van der Waals surface area contributed by atoms with Gasteiger partial charge in [-0.25, -0.2) is 4.79 Å². The summed E-state index contributed by atoms with van der Waals surface area (Å²) in [7, 11) is 0. The Kier molecular flexibility index (Phi) is 7.06. The minimum atomic E-state index is -0.571. The molecular formula is C12H18O3. The van der Waals surface area contributed by atoms with Gasteiger partial charge in [0.25, 0.3) is 0 Å². The molecule has 0 radical (unpaired) electrons. The average molecular weight is 210 g/mol. The summed E-state index contributed by atoms with van der Waals surface area (Å²) in [4.78, 5) is 11.2. The number of ether oxygens (including phenoxy) is 2. The van der Waals surface area contributed by atoms with Gasteiger partial charge in [-0.2, -0.15) is 0 Å². The molecule has 0 heterocycles. The van der Waals surface area contributed by atoms with Gasteiger partial charge < -0.3 is 9.47 Å². The van der Waals surface area contributed by atoms with E-state index < -0.39 is 6.10 Å². The number of hydrogen-bond acceptors (Lipinski definition) is 3. The highest BCUT2D eigenvalue weighted by molar-refractivity contribution is 5.74. The van der Waals surface area contributed by atoms with E-state index in [1.807, 2.05) is 0 Å². The van der Waals surface area contributed by atoms with Crippen molar-refractivity contribution in [2.24, 2.45) is 0 Å². The molecule has 0 aliphatic carbocycles. The Labute approximate surface area is 91.1 Å². The van der Waals surface area contributed by atoms with Crippen LogP contribution in [-0.4, -0.2) is 18.7 Å². The van der Waals surface area contributed by atoms with Crippen LogP contribution >= 0.6 is 0 Å². The first kappa shape index (κ1) is 13.5. The fourth-order valence-electron chi connectivity index (χ4n) is 0.895. The van der Waals surface area contributed by atoms with Crippen molar-refractivity contribution in [2.45, 2.75) is 26.9 Å². The van der Waals surface area contributed by atoms with Crippen LogP contribution < -0.4 is 0 Å². The molecule has 0 fully saturated rings. The fourth-order valence-corrected chi connectivity index (χ4v) is 0.895. The van der Waals surface area contributed by atoms with Crippen LogP contribution in [0.5, 0.6) is 0 Å². The van der Waals surface area contributed by atoms with Crippen LogP contribution in [0.4, 0.5) is 0 Å². The first-order chi connectivity index (χ1) is 7.11. The molecule has 0 saturated carbocycles. The van der Waals surface area contributed by atoms with Crippen molar-refractivity contribution in [3.8, 4) is 0 Å². The topological polar surface area (TPSA) is 35.5 Å². The van der Waals surface area contributed by atoms with Crippen LogP contribution in [0.3, 0.4) is 0 Å². The Balaban J connectivity index is 4.10. The Morgan fingerprint density at radius 2 is 2.13 bits per heavy atom. The number of hydrogen-bond donors (Lipinski definition) is 0. The summed E-state index contributed by atoms with van der Waals surface area (Å²) < 4.78 is 10.1. The van der Waals surface area contributed by atoms with Gasteiger partial charge in [0.2, 0.25) is 0 Å². The van der Waals surface area contributed by atoms with Crippen molar-refractivity contribution in [3.05, 3.63) is 36.6 Å². The number of carbonyl (C=O) groups is 1. The van der Waals surface area contributed by atoms with E-state index in [9.17, 15) is 4.79 Å². The van der Waals surface area contributed by atoms with Crippen molar-refractivity contribution in [1.82, 2.24) is 0 Å². The predicted octanol–water partition coefficient (Wildman–Crippen LogP) is 2.60. The molecule has 1 unspecified atom stereocenters. The average Bonchev–Trinajstić information content (AvgIpc) is 2.18. The van der Waals surface area contributed by atoms with Crippen LogP contribution in [0.15, 0.2) is 36.6 Å². The van der Waals surface area contributed by atoms with Crippen LogP contribution in [0.1, 0.15) is 20.8 Å². The number of rotatable bonds is 6. The van der Waals surface area contributed by atoms with Crippen molar-refractivity contribution in [2.75, 3.05) is 6.61 Å². The Morgan fingerprint density at radius 1 is 1.47 bits per heavy atom. The number of esters is 1. The molecule has 0 aromatic rings. The van der Waals surface area contributed by atoms with Gasteiger partial charge in [-0.05, 0) is 26.8 Å². The molecule has 3 heteroatoms. The van der Waals surface area contributed by atoms with E-state index in [-0.39, 0.29) is 5.97 Å². The quantitative estimate of drug-likeness (QED) is 0.384. The molecule has 0 aromatic heterocycles. The summed E-state index contributed by atoms with van der Waals surface area (Å²) in [6.45, 7) is 9.11. The second kappa shape index (κ2) is 7.85. The van der Waals surface area contributed by atoms with Crippen molar-refractivity contribution < 1.29 is 14.3 Å². The van der Waals surface area contributed by atoms with E-state index in [2.05, 4.69) is 6.58 Å².